The molecule has 2 saturated heterocycles. The van der Waals surface area contributed by atoms with Crippen molar-refractivity contribution in [3.05, 3.63) is 48.0 Å². The zero-order valence-electron chi connectivity index (χ0n) is 18.0. The van der Waals surface area contributed by atoms with Gasteiger partial charge in [0.2, 0.25) is 15.9 Å². The summed E-state index contributed by atoms with van der Waals surface area (Å²) in [5, 5.41) is 0. The summed E-state index contributed by atoms with van der Waals surface area (Å²) in [6.07, 6.45) is 4.03. The molecule has 0 spiro atoms. The van der Waals surface area contributed by atoms with E-state index in [1.807, 2.05) is 0 Å². The Bertz CT molecular complexity index is 1220. The van der Waals surface area contributed by atoms with Crippen LogP contribution in [0.5, 0.6) is 0 Å². The summed E-state index contributed by atoms with van der Waals surface area (Å²) in [6, 6.07) is 10.4. The van der Waals surface area contributed by atoms with E-state index in [0.717, 1.165) is 31.4 Å². The van der Waals surface area contributed by atoms with Crippen molar-refractivity contribution in [3.8, 4) is 0 Å². The number of carbonyl (C=O) groups is 1. The second kappa shape index (κ2) is 8.84. The Morgan fingerprint density at radius 1 is 0.812 bits per heavy atom. The molecule has 4 rings (SSSR count). The molecule has 2 heterocycles. The molecule has 172 valence electrons. The Morgan fingerprint density at radius 2 is 1.47 bits per heavy atom. The highest BCUT2D eigenvalue weighted by molar-refractivity contribution is 7.92. The fraction of sp³-hybridized carbons (Fsp3) is 0.409. The standard InChI is InChI=1S/C22H27N3O5S2/c1-17-16-20(11-12-21(17)25-15-5-6-22(25)26)31(27,28)23-18-7-9-19(10-8-18)32(29,30)24-13-3-2-4-14-24/h7-12,16,23H,2-6,13-15H2,1H3. The number of benzene rings is 2. The summed E-state index contributed by atoms with van der Waals surface area (Å²) in [6.45, 7) is 3.43. The number of carbonyl (C=O) groups excluding carboxylic acids is 1. The molecule has 0 radical (unpaired) electrons. The average molecular weight is 478 g/mol. The van der Waals surface area contributed by atoms with Crippen molar-refractivity contribution in [2.45, 2.75) is 48.8 Å². The van der Waals surface area contributed by atoms with Crippen LogP contribution in [0.25, 0.3) is 0 Å². The molecule has 8 nitrogen and oxygen atoms in total. The summed E-state index contributed by atoms with van der Waals surface area (Å²) in [5.41, 5.74) is 1.70. The average Bonchev–Trinajstić information content (AvgIpc) is 3.20. The number of nitrogens with zero attached hydrogens (tertiary/aromatic N) is 2. The molecular formula is C22H27N3O5S2. The minimum absolute atomic E-state index is 0.0430. The SMILES string of the molecule is Cc1cc(S(=O)(=O)Nc2ccc(S(=O)(=O)N3CCCCC3)cc2)ccc1N1CCCC1=O. The van der Waals surface area contributed by atoms with Gasteiger partial charge in [0.15, 0.2) is 0 Å². The Kier molecular flexibility index (Phi) is 6.28. The number of rotatable bonds is 6. The van der Waals surface area contributed by atoms with E-state index in [-0.39, 0.29) is 21.4 Å². The Balaban J connectivity index is 1.51. The maximum Gasteiger partial charge on any atom is 0.261 e. The fourth-order valence-electron chi connectivity index (χ4n) is 4.16. The summed E-state index contributed by atoms with van der Waals surface area (Å²) >= 11 is 0. The first-order chi connectivity index (χ1) is 15.2. The van der Waals surface area contributed by atoms with Crippen molar-refractivity contribution in [1.82, 2.24) is 4.31 Å². The van der Waals surface area contributed by atoms with E-state index in [1.54, 1.807) is 24.0 Å². The van der Waals surface area contributed by atoms with Gasteiger partial charge >= 0.3 is 0 Å². The minimum Gasteiger partial charge on any atom is -0.312 e. The molecule has 0 aromatic heterocycles. The molecule has 0 aliphatic carbocycles. The predicted molar refractivity (Wildman–Crippen MR) is 123 cm³/mol. The fourth-order valence-corrected chi connectivity index (χ4v) is 6.82. The Labute approximate surface area is 189 Å². The van der Waals surface area contributed by atoms with Gasteiger partial charge in [-0.2, -0.15) is 4.31 Å². The monoisotopic (exact) mass is 477 g/mol. The number of amides is 1. The molecule has 1 amide bonds. The number of sulfonamides is 2. The maximum atomic E-state index is 12.9. The first-order valence-corrected chi connectivity index (χ1v) is 13.6. The van der Waals surface area contributed by atoms with E-state index < -0.39 is 20.0 Å². The topological polar surface area (TPSA) is 104 Å². The lowest BCUT2D eigenvalue weighted by Gasteiger charge is -2.25. The lowest BCUT2D eigenvalue weighted by atomic mass is 10.2. The van der Waals surface area contributed by atoms with Crippen LogP contribution in [0.1, 0.15) is 37.7 Å². The van der Waals surface area contributed by atoms with Crippen molar-refractivity contribution < 1.29 is 21.6 Å². The second-order valence-electron chi connectivity index (χ2n) is 8.19. The van der Waals surface area contributed by atoms with Gasteiger partial charge in [0, 0.05) is 37.4 Å². The maximum absolute atomic E-state index is 12.9. The third kappa shape index (κ3) is 4.53. The van der Waals surface area contributed by atoms with Crippen molar-refractivity contribution in [1.29, 1.82) is 0 Å². The third-order valence-electron chi connectivity index (χ3n) is 5.90. The largest absolute Gasteiger partial charge is 0.312 e. The molecule has 0 atom stereocenters. The molecule has 0 bridgehead atoms. The molecule has 2 aromatic carbocycles. The third-order valence-corrected chi connectivity index (χ3v) is 9.19. The highest BCUT2D eigenvalue weighted by atomic mass is 32.2. The van der Waals surface area contributed by atoms with Crippen LogP contribution in [0, 0.1) is 6.92 Å². The molecule has 1 N–H and O–H groups in total. The van der Waals surface area contributed by atoms with Gasteiger partial charge in [-0.1, -0.05) is 6.42 Å². The summed E-state index contributed by atoms with van der Waals surface area (Å²) in [7, 11) is -7.45. The van der Waals surface area contributed by atoms with Crippen molar-refractivity contribution in [2.24, 2.45) is 0 Å². The number of nitrogens with one attached hydrogen (secondary N) is 1. The van der Waals surface area contributed by atoms with E-state index in [4.69, 9.17) is 0 Å². The van der Waals surface area contributed by atoms with Crippen LogP contribution >= 0.6 is 0 Å². The van der Waals surface area contributed by atoms with Gasteiger partial charge in [-0.25, -0.2) is 16.8 Å². The van der Waals surface area contributed by atoms with Gasteiger partial charge in [-0.05, 0) is 74.2 Å². The van der Waals surface area contributed by atoms with Gasteiger partial charge in [0.25, 0.3) is 10.0 Å². The first-order valence-electron chi connectivity index (χ1n) is 10.7. The number of hydrogen-bond donors (Lipinski definition) is 1. The van der Waals surface area contributed by atoms with Gasteiger partial charge in [0.1, 0.15) is 0 Å². The van der Waals surface area contributed by atoms with Crippen LogP contribution in [0.3, 0.4) is 0 Å². The predicted octanol–water partition coefficient (Wildman–Crippen LogP) is 3.10. The van der Waals surface area contributed by atoms with Crippen LogP contribution in [0.4, 0.5) is 11.4 Å². The Hall–Kier alpha value is -2.43. The minimum atomic E-state index is -3.87. The van der Waals surface area contributed by atoms with E-state index in [0.29, 0.717) is 31.6 Å². The molecule has 0 unspecified atom stereocenters. The number of piperidine rings is 1. The van der Waals surface area contributed by atoms with Gasteiger partial charge in [-0.3, -0.25) is 9.52 Å². The quantitative estimate of drug-likeness (QED) is 0.689. The van der Waals surface area contributed by atoms with E-state index in [1.165, 1.54) is 34.6 Å². The highest BCUT2D eigenvalue weighted by Crippen LogP contribution is 2.28. The van der Waals surface area contributed by atoms with Crippen molar-refractivity contribution in [3.63, 3.8) is 0 Å². The van der Waals surface area contributed by atoms with E-state index >= 15 is 0 Å². The zero-order valence-corrected chi connectivity index (χ0v) is 19.6. The number of hydrogen-bond acceptors (Lipinski definition) is 5. The number of aryl methyl sites for hydroxylation is 1. The second-order valence-corrected chi connectivity index (χ2v) is 11.8. The van der Waals surface area contributed by atoms with Crippen LogP contribution in [-0.2, 0) is 24.8 Å². The molecule has 32 heavy (non-hydrogen) atoms. The lowest BCUT2D eigenvalue weighted by molar-refractivity contribution is -0.117. The van der Waals surface area contributed by atoms with Gasteiger partial charge in [-0.15, -0.1) is 0 Å². The smallest absolute Gasteiger partial charge is 0.261 e. The normalized spacial score (nSPS) is 18.2. The Morgan fingerprint density at radius 3 is 2.06 bits per heavy atom. The molecule has 0 saturated carbocycles. The molecule has 2 aliphatic heterocycles. The molecule has 2 aromatic rings. The summed E-state index contributed by atoms with van der Waals surface area (Å²) in [5.74, 6) is 0.0430. The zero-order chi connectivity index (χ0) is 22.9. The van der Waals surface area contributed by atoms with E-state index in [2.05, 4.69) is 4.72 Å². The lowest BCUT2D eigenvalue weighted by Crippen LogP contribution is -2.35. The van der Waals surface area contributed by atoms with Crippen LogP contribution in [-0.4, -0.2) is 46.7 Å². The van der Waals surface area contributed by atoms with Crippen LogP contribution < -0.4 is 9.62 Å². The summed E-state index contributed by atoms with van der Waals surface area (Å²) < 4.78 is 55.2. The van der Waals surface area contributed by atoms with Crippen molar-refractivity contribution in [2.75, 3.05) is 29.3 Å². The van der Waals surface area contributed by atoms with Gasteiger partial charge in [0.05, 0.1) is 9.79 Å². The van der Waals surface area contributed by atoms with E-state index in [9.17, 15) is 21.6 Å². The van der Waals surface area contributed by atoms with Gasteiger partial charge < -0.3 is 4.90 Å². The highest BCUT2D eigenvalue weighted by Gasteiger charge is 2.27. The van der Waals surface area contributed by atoms with Crippen molar-refractivity contribution >= 4 is 37.3 Å². The first kappa shape index (κ1) is 22.8. The molecule has 2 fully saturated rings. The molecule has 2 aliphatic rings. The summed E-state index contributed by atoms with van der Waals surface area (Å²) in [4.78, 5) is 13.9. The molecule has 10 heteroatoms. The van der Waals surface area contributed by atoms with Crippen LogP contribution in [0.15, 0.2) is 52.3 Å². The van der Waals surface area contributed by atoms with Crippen LogP contribution in [0.2, 0.25) is 0 Å². The number of anilines is 2. The molecular weight excluding hydrogens is 450 g/mol.